The molecule has 0 radical (unpaired) electrons. The fourth-order valence-corrected chi connectivity index (χ4v) is 1.91. The van der Waals surface area contributed by atoms with Crippen LogP contribution in [0.4, 0.5) is 0 Å². The van der Waals surface area contributed by atoms with E-state index < -0.39 is 17.9 Å². The van der Waals surface area contributed by atoms with Crippen LogP contribution in [0.15, 0.2) is 0 Å². The van der Waals surface area contributed by atoms with Crippen molar-refractivity contribution in [1.29, 1.82) is 0 Å². The van der Waals surface area contributed by atoms with Crippen LogP contribution in [0.2, 0.25) is 0 Å². The van der Waals surface area contributed by atoms with Crippen LogP contribution in [0.1, 0.15) is 13.3 Å². The summed E-state index contributed by atoms with van der Waals surface area (Å²) in [6.45, 7) is 1.15. The van der Waals surface area contributed by atoms with Gasteiger partial charge < -0.3 is 10.0 Å². The lowest BCUT2D eigenvalue weighted by Gasteiger charge is -2.19. The Hall–Kier alpha value is -1.37. The van der Waals surface area contributed by atoms with Gasteiger partial charge in [-0.05, 0) is 0 Å². The Balaban J connectivity index is 2.63. The molecule has 0 aromatic heterocycles. The van der Waals surface area contributed by atoms with Crippen LogP contribution in [-0.2, 0) is 19.2 Å². The number of carboxylic acid groups (broad SMARTS) is 1. The quantitative estimate of drug-likeness (QED) is 0.722. The van der Waals surface area contributed by atoms with Gasteiger partial charge in [0.05, 0.1) is 12.3 Å². The Morgan fingerprint density at radius 2 is 2.12 bits per heavy atom. The molecule has 0 aromatic rings. The van der Waals surface area contributed by atoms with Gasteiger partial charge in [0.15, 0.2) is 10.9 Å². The zero-order valence-electron chi connectivity index (χ0n) is 8.63. The summed E-state index contributed by atoms with van der Waals surface area (Å²) in [5.41, 5.74) is 0. The van der Waals surface area contributed by atoms with Crippen molar-refractivity contribution in [3.05, 3.63) is 0 Å². The molecule has 7 heteroatoms. The monoisotopic (exact) mass is 245 g/mol. The van der Waals surface area contributed by atoms with E-state index in [0.29, 0.717) is 0 Å². The van der Waals surface area contributed by atoms with Crippen molar-refractivity contribution in [2.75, 3.05) is 12.3 Å². The number of hydrogen-bond donors (Lipinski definition) is 1. The third-order valence-corrected chi connectivity index (χ3v) is 2.95. The highest BCUT2D eigenvalue weighted by atomic mass is 32.2. The molecule has 1 fully saturated rings. The van der Waals surface area contributed by atoms with Gasteiger partial charge in [0.25, 0.3) is 0 Å². The molecule has 1 N–H and O–H groups in total. The number of Topliss-reactive ketones (excluding diaryl/α,β-unsaturated/α-hetero) is 1. The molecular weight excluding hydrogens is 234 g/mol. The van der Waals surface area contributed by atoms with Gasteiger partial charge in [-0.2, -0.15) is 0 Å². The number of thioether (sulfide) groups is 1. The molecule has 88 valence electrons. The molecule has 1 saturated heterocycles. The van der Waals surface area contributed by atoms with Crippen molar-refractivity contribution in [3.8, 4) is 0 Å². The number of ketones is 1. The standard InChI is InChI=1S/C9H11NO5S/c1-5(11)16-4-8(13)10-3-6(12)2-7(10)9(14)15/h7H,2-4H2,1H3,(H,14,15)/t7-/m0/s1. The van der Waals surface area contributed by atoms with E-state index in [0.717, 1.165) is 16.7 Å². The Morgan fingerprint density at radius 3 is 2.62 bits per heavy atom. The minimum absolute atomic E-state index is 0.119. The maximum Gasteiger partial charge on any atom is 0.326 e. The largest absolute Gasteiger partial charge is 0.480 e. The Kier molecular flexibility index (Phi) is 4.05. The first-order valence-corrected chi connectivity index (χ1v) is 5.57. The lowest BCUT2D eigenvalue weighted by Crippen LogP contribution is -2.41. The summed E-state index contributed by atoms with van der Waals surface area (Å²) in [4.78, 5) is 45.1. The van der Waals surface area contributed by atoms with Gasteiger partial charge in [0.1, 0.15) is 6.04 Å². The average Bonchev–Trinajstić information content (AvgIpc) is 2.56. The van der Waals surface area contributed by atoms with E-state index in [2.05, 4.69) is 0 Å². The van der Waals surface area contributed by atoms with E-state index in [1.807, 2.05) is 0 Å². The Labute approximate surface area is 96.0 Å². The second kappa shape index (κ2) is 5.11. The van der Waals surface area contributed by atoms with Crippen LogP contribution in [0.3, 0.4) is 0 Å². The highest BCUT2D eigenvalue weighted by Crippen LogP contribution is 2.16. The summed E-state index contributed by atoms with van der Waals surface area (Å²) in [6.07, 6.45) is -0.147. The van der Waals surface area contributed by atoms with E-state index in [-0.39, 0.29) is 29.6 Å². The van der Waals surface area contributed by atoms with Crippen molar-refractivity contribution in [2.45, 2.75) is 19.4 Å². The molecule has 0 aromatic carbocycles. The van der Waals surface area contributed by atoms with E-state index >= 15 is 0 Å². The number of carbonyl (C=O) groups is 4. The van der Waals surface area contributed by atoms with Gasteiger partial charge in [-0.3, -0.25) is 14.4 Å². The molecule has 1 aliphatic rings. The number of likely N-dealkylation sites (tertiary alicyclic amines) is 1. The van der Waals surface area contributed by atoms with E-state index in [4.69, 9.17) is 5.11 Å². The summed E-state index contributed by atoms with van der Waals surface area (Å²) in [7, 11) is 0. The number of carbonyl (C=O) groups excluding carboxylic acids is 3. The van der Waals surface area contributed by atoms with Crippen LogP contribution in [0.5, 0.6) is 0 Å². The molecule has 16 heavy (non-hydrogen) atoms. The summed E-state index contributed by atoms with van der Waals surface area (Å²) in [5, 5.41) is 8.59. The maximum atomic E-state index is 11.5. The highest BCUT2D eigenvalue weighted by Gasteiger charge is 2.38. The van der Waals surface area contributed by atoms with Crippen LogP contribution >= 0.6 is 11.8 Å². The normalized spacial score (nSPS) is 19.9. The molecule has 1 rings (SSSR count). The molecule has 6 nitrogen and oxygen atoms in total. The molecule has 1 aliphatic heterocycles. The lowest BCUT2D eigenvalue weighted by molar-refractivity contribution is -0.147. The highest BCUT2D eigenvalue weighted by molar-refractivity contribution is 8.14. The predicted octanol–water partition coefficient (Wildman–Crippen LogP) is -0.479. The molecule has 0 unspecified atom stereocenters. The molecule has 0 bridgehead atoms. The van der Waals surface area contributed by atoms with Gasteiger partial charge in [-0.15, -0.1) is 0 Å². The molecule has 1 heterocycles. The minimum Gasteiger partial charge on any atom is -0.480 e. The topological polar surface area (TPSA) is 91.8 Å². The number of hydrogen-bond acceptors (Lipinski definition) is 5. The zero-order chi connectivity index (χ0) is 12.3. The van der Waals surface area contributed by atoms with Crippen molar-refractivity contribution < 1.29 is 24.3 Å². The molecular formula is C9H11NO5S. The van der Waals surface area contributed by atoms with Gasteiger partial charge in [0.2, 0.25) is 5.91 Å². The smallest absolute Gasteiger partial charge is 0.326 e. The summed E-state index contributed by atoms with van der Waals surface area (Å²) in [5.74, 6) is -2.06. The lowest BCUT2D eigenvalue weighted by atomic mass is 10.2. The van der Waals surface area contributed by atoms with Gasteiger partial charge >= 0.3 is 5.97 Å². The average molecular weight is 245 g/mol. The van der Waals surface area contributed by atoms with Crippen LogP contribution in [-0.4, -0.2) is 51.1 Å². The van der Waals surface area contributed by atoms with Gasteiger partial charge in [0, 0.05) is 13.3 Å². The predicted molar refractivity (Wildman–Crippen MR) is 55.9 cm³/mol. The van der Waals surface area contributed by atoms with Gasteiger partial charge in [-0.1, -0.05) is 11.8 Å². The fraction of sp³-hybridized carbons (Fsp3) is 0.556. The summed E-state index contributed by atoms with van der Waals surface area (Å²) in [6, 6.07) is -1.08. The first-order valence-electron chi connectivity index (χ1n) is 4.59. The number of aliphatic carboxylic acids is 1. The Bertz CT molecular complexity index is 354. The second-order valence-corrected chi connectivity index (χ2v) is 4.55. The van der Waals surface area contributed by atoms with Crippen LogP contribution in [0, 0.1) is 0 Å². The summed E-state index contributed by atoms with van der Waals surface area (Å²) < 4.78 is 0. The molecule has 0 saturated carbocycles. The fourth-order valence-electron chi connectivity index (χ4n) is 1.42. The van der Waals surface area contributed by atoms with Crippen molar-refractivity contribution in [2.24, 2.45) is 0 Å². The SMILES string of the molecule is CC(=O)SCC(=O)N1CC(=O)C[C@H]1C(=O)O. The van der Waals surface area contributed by atoms with Crippen molar-refractivity contribution >= 4 is 34.5 Å². The third kappa shape index (κ3) is 3.06. The third-order valence-electron chi connectivity index (χ3n) is 2.15. The number of nitrogens with zero attached hydrogens (tertiary/aromatic N) is 1. The van der Waals surface area contributed by atoms with E-state index in [9.17, 15) is 19.2 Å². The zero-order valence-corrected chi connectivity index (χ0v) is 9.45. The van der Waals surface area contributed by atoms with Crippen molar-refractivity contribution in [3.63, 3.8) is 0 Å². The number of rotatable bonds is 3. The first kappa shape index (κ1) is 12.7. The van der Waals surface area contributed by atoms with Crippen LogP contribution in [0.25, 0.3) is 0 Å². The summed E-state index contributed by atoms with van der Waals surface area (Å²) >= 11 is 0.807. The van der Waals surface area contributed by atoms with E-state index in [1.165, 1.54) is 6.92 Å². The molecule has 1 atom stereocenters. The van der Waals surface area contributed by atoms with E-state index in [1.54, 1.807) is 0 Å². The molecule has 0 aliphatic carbocycles. The van der Waals surface area contributed by atoms with Crippen molar-refractivity contribution in [1.82, 2.24) is 4.90 Å². The van der Waals surface area contributed by atoms with Gasteiger partial charge in [-0.25, -0.2) is 4.79 Å². The molecule has 1 amide bonds. The van der Waals surface area contributed by atoms with Crippen LogP contribution < -0.4 is 0 Å². The molecule has 0 spiro atoms. The second-order valence-electron chi connectivity index (χ2n) is 3.40. The Morgan fingerprint density at radius 1 is 1.50 bits per heavy atom. The number of carboxylic acids is 1. The first-order chi connectivity index (χ1) is 7.41. The number of amides is 1. The maximum absolute atomic E-state index is 11.5. The minimum atomic E-state index is -1.19.